The summed E-state index contributed by atoms with van der Waals surface area (Å²) in [6.07, 6.45) is 3.00. The molecule has 0 saturated heterocycles. The second-order valence-electron chi connectivity index (χ2n) is 5.13. The van der Waals surface area contributed by atoms with Gasteiger partial charge in [0.05, 0.1) is 5.52 Å². The van der Waals surface area contributed by atoms with Crippen LogP contribution in [-0.4, -0.2) is 24.1 Å². The molecule has 0 atom stereocenters. The summed E-state index contributed by atoms with van der Waals surface area (Å²) in [4.78, 5) is 4.38. The predicted molar refractivity (Wildman–Crippen MR) is 81.2 cm³/mol. The first-order valence-electron chi connectivity index (χ1n) is 7.04. The largest absolute Gasteiger partial charge is 0.314 e. The van der Waals surface area contributed by atoms with Crippen molar-refractivity contribution in [3.8, 4) is 0 Å². The molecule has 2 rings (SSSR count). The molecule has 0 spiro atoms. The van der Waals surface area contributed by atoms with E-state index in [1.807, 2.05) is 12.3 Å². The van der Waals surface area contributed by atoms with Crippen LogP contribution in [0.2, 0.25) is 0 Å². The smallest absolute Gasteiger partial charge is 0.0705 e. The minimum Gasteiger partial charge on any atom is -0.314 e. The average molecular weight is 257 g/mol. The van der Waals surface area contributed by atoms with E-state index < -0.39 is 0 Å². The number of benzene rings is 1. The standard InChI is InChI=1S/C16H23N3/c1-13(2)18-11-5-9-17-12-14-6-3-8-16-15(14)7-4-10-19-16/h3-4,6-8,10,13,17-18H,5,9,11-12H2,1-2H3. The summed E-state index contributed by atoms with van der Waals surface area (Å²) in [7, 11) is 0. The first-order valence-corrected chi connectivity index (χ1v) is 7.04. The number of hydrogen-bond donors (Lipinski definition) is 2. The lowest BCUT2D eigenvalue weighted by atomic mass is 10.1. The van der Waals surface area contributed by atoms with Crippen molar-refractivity contribution < 1.29 is 0 Å². The van der Waals surface area contributed by atoms with Crippen molar-refractivity contribution in [3.63, 3.8) is 0 Å². The van der Waals surface area contributed by atoms with Crippen molar-refractivity contribution >= 4 is 10.9 Å². The Balaban J connectivity index is 1.82. The molecule has 0 fully saturated rings. The van der Waals surface area contributed by atoms with Gasteiger partial charge in [-0.1, -0.05) is 32.0 Å². The van der Waals surface area contributed by atoms with Crippen molar-refractivity contribution in [3.05, 3.63) is 42.1 Å². The highest BCUT2D eigenvalue weighted by molar-refractivity contribution is 5.81. The minimum atomic E-state index is 0.573. The maximum atomic E-state index is 4.38. The third kappa shape index (κ3) is 4.30. The van der Waals surface area contributed by atoms with Gasteiger partial charge < -0.3 is 10.6 Å². The molecule has 0 aliphatic rings. The molecule has 0 aliphatic carbocycles. The normalized spacial score (nSPS) is 11.3. The number of fused-ring (bicyclic) bond motifs is 1. The highest BCUT2D eigenvalue weighted by Crippen LogP contribution is 2.15. The van der Waals surface area contributed by atoms with E-state index in [0.29, 0.717) is 6.04 Å². The lowest BCUT2D eigenvalue weighted by Crippen LogP contribution is -2.26. The molecule has 0 aliphatic heterocycles. The summed E-state index contributed by atoms with van der Waals surface area (Å²) < 4.78 is 0. The molecule has 0 amide bonds. The van der Waals surface area contributed by atoms with Gasteiger partial charge in [-0.15, -0.1) is 0 Å². The molecule has 1 aromatic heterocycles. The number of hydrogen-bond acceptors (Lipinski definition) is 3. The van der Waals surface area contributed by atoms with Crippen LogP contribution in [0.5, 0.6) is 0 Å². The third-order valence-electron chi connectivity index (χ3n) is 3.13. The quantitative estimate of drug-likeness (QED) is 0.749. The Morgan fingerprint density at radius 2 is 2.00 bits per heavy atom. The van der Waals surface area contributed by atoms with Crippen LogP contribution < -0.4 is 10.6 Å². The molecule has 3 heteroatoms. The van der Waals surface area contributed by atoms with Gasteiger partial charge >= 0.3 is 0 Å². The zero-order valence-corrected chi connectivity index (χ0v) is 11.8. The van der Waals surface area contributed by atoms with Gasteiger partial charge in [0.15, 0.2) is 0 Å². The van der Waals surface area contributed by atoms with Gasteiger partial charge in [-0.05, 0) is 37.2 Å². The number of nitrogens with zero attached hydrogens (tertiary/aromatic N) is 1. The molecule has 1 aromatic carbocycles. The summed E-state index contributed by atoms with van der Waals surface area (Å²) >= 11 is 0. The van der Waals surface area contributed by atoms with E-state index in [9.17, 15) is 0 Å². The molecule has 3 nitrogen and oxygen atoms in total. The first-order chi connectivity index (χ1) is 9.27. The van der Waals surface area contributed by atoms with Crippen molar-refractivity contribution in [2.24, 2.45) is 0 Å². The summed E-state index contributed by atoms with van der Waals surface area (Å²) in [5.41, 5.74) is 2.39. The Bertz CT molecular complexity index is 503. The number of rotatable bonds is 7. The van der Waals surface area contributed by atoms with Crippen LogP contribution in [0, 0.1) is 0 Å². The van der Waals surface area contributed by atoms with Gasteiger partial charge in [-0.2, -0.15) is 0 Å². The molecule has 0 unspecified atom stereocenters. The van der Waals surface area contributed by atoms with Gasteiger partial charge in [0.25, 0.3) is 0 Å². The monoisotopic (exact) mass is 257 g/mol. The van der Waals surface area contributed by atoms with Crippen molar-refractivity contribution in [1.29, 1.82) is 0 Å². The van der Waals surface area contributed by atoms with Gasteiger partial charge in [0, 0.05) is 24.2 Å². The Labute approximate surface area is 115 Å². The zero-order chi connectivity index (χ0) is 13.5. The SMILES string of the molecule is CC(C)NCCCNCc1cccc2ncccc12. The number of aromatic nitrogens is 1. The van der Waals surface area contributed by atoms with Crippen LogP contribution in [0.1, 0.15) is 25.8 Å². The molecule has 2 aromatic rings. The van der Waals surface area contributed by atoms with Crippen LogP contribution in [0.4, 0.5) is 0 Å². The van der Waals surface area contributed by atoms with Crippen molar-refractivity contribution in [1.82, 2.24) is 15.6 Å². The fraction of sp³-hybridized carbons (Fsp3) is 0.438. The number of pyridine rings is 1. The summed E-state index contributed by atoms with van der Waals surface area (Å²) in [6, 6.07) is 11.0. The summed E-state index contributed by atoms with van der Waals surface area (Å²) in [5, 5.41) is 8.17. The first kappa shape index (κ1) is 14.0. The van der Waals surface area contributed by atoms with Gasteiger partial charge in [-0.25, -0.2) is 0 Å². The highest BCUT2D eigenvalue weighted by Gasteiger charge is 2.00. The van der Waals surface area contributed by atoms with Crippen LogP contribution in [-0.2, 0) is 6.54 Å². The molecular formula is C16H23N3. The predicted octanol–water partition coefficient (Wildman–Crippen LogP) is 2.71. The lowest BCUT2D eigenvalue weighted by Gasteiger charge is -2.09. The fourth-order valence-corrected chi connectivity index (χ4v) is 2.15. The topological polar surface area (TPSA) is 37.0 Å². The van der Waals surface area contributed by atoms with Crippen molar-refractivity contribution in [2.45, 2.75) is 32.9 Å². The van der Waals surface area contributed by atoms with Gasteiger partial charge in [-0.3, -0.25) is 4.98 Å². The second-order valence-corrected chi connectivity index (χ2v) is 5.13. The lowest BCUT2D eigenvalue weighted by molar-refractivity contribution is 0.548. The van der Waals surface area contributed by atoms with E-state index in [2.05, 4.69) is 53.7 Å². The Morgan fingerprint density at radius 3 is 2.84 bits per heavy atom. The fourth-order valence-electron chi connectivity index (χ4n) is 2.15. The van der Waals surface area contributed by atoms with E-state index >= 15 is 0 Å². The average Bonchev–Trinajstić information content (AvgIpc) is 2.42. The van der Waals surface area contributed by atoms with Crippen LogP contribution in [0.3, 0.4) is 0 Å². The Morgan fingerprint density at radius 1 is 1.11 bits per heavy atom. The maximum absolute atomic E-state index is 4.38. The maximum Gasteiger partial charge on any atom is 0.0705 e. The van der Waals surface area contributed by atoms with Crippen LogP contribution in [0.15, 0.2) is 36.5 Å². The van der Waals surface area contributed by atoms with Crippen LogP contribution in [0.25, 0.3) is 10.9 Å². The molecule has 1 heterocycles. The minimum absolute atomic E-state index is 0.573. The van der Waals surface area contributed by atoms with E-state index in [4.69, 9.17) is 0 Å². The Kier molecular flexibility index (Phi) is 5.31. The highest BCUT2D eigenvalue weighted by atomic mass is 14.9. The second kappa shape index (κ2) is 7.22. The van der Waals surface area contributed by atoms with Crippen LogP contribution >= 0.6 is 0 Å². The molecular weight excluding hydrogens is 234 g/mol. The summed E-state index contributed by atoms with van der Waals surface area (Å²) in [5.74, 6) is 0. The zero-order valence-electron chi connectivity index (χ0n) is 11.8. The molecule has 19 heavy (non-hydrogen) atoms. The molecule has 0 bridgehead atoms. The number of nitrogens with one attached hydrogen (secondary N) is 2. The van der Waals surface area contributed by atoms with E-state index in [-0.39, 0.29) is 0 Å². The van der Waals surface area contributed by atoms with Crippen molar-refractivity contribution in [2.75, 3.05) is 13.1 Å². The van der Waals surface area contributed by atoms with E-state index in [0.717, 1.165) is 31.6 Å². The summed E-state index contributed by atoms with van der Waals surface area (Å²) in [6.45, 7) is 7.37. The van der Waals surface area contributed by atoms with Gasteiger partial charge in [0.1, 0.15) is 0 Å². The molecule has 0 saturated carbocycles. The third-order valence-corrected chi connectivity index (χ3v) is 3.13. The van der Waals surface area contributed by atoms with E-state index in [1.165, 1.54) is 10.9 Å². The molecule has 102 valence electrons. The molecule has 2 N–H and O–H groups in total. The Hall–Kier alpha value is -1.45. The van der Waals surface area contributed by atoms with Gasteiger partial charge in [0.2, 0.25) is 0 Å². The van der Waals surface area contributed by atoms with E-state index in [1.54, 1.807) is 0 Å². The molecule has 0 radical (unpaired) electrons.